The Morgan fingerprint density at radius 1 is 1.21 bits per heavy atom. The molecule has 0 radical (unpaired) electrons. The highest BCUT2D eigenvalue weighted by molar-refractivity contribution is 6.31. The molecular formula is C21H17ClN4O3. The van der Waals surface area contributed by atoms with Crippen molar-refractivity contribution in [3.05, 3.63) is 71.4 Å². The number of aliphatic hydroxyl groups excluding tert-OH is 1. The average Bonchev–Trinajstić information content (AvgIpc) is 3.15. The summed E-state index contributed by atoms with van der Waals surface area (Å²) in [4.78, 5) is 16.1. The lowest BCUT2D eigenvalue weighted by Gasteiger charge is -2.06. The molecule has 8 heteroatoms. The Bertz CT molecular complexity index is 1190. The van der Waals surface area contributed by atoms with Gasteiger partial charge in [0, 0.05) is 28.0 Å². The second-order valence-corrected chi connectivity index (χ2v) is 6.73. The van der Waals surface area contributed by atoms with Crippen LogP contribution >= 0.6 is 11.6 Å². The number of carbonyl (C=O) groups is 1. The summed E-state index contributed by atoms with van der Waals surface area (Å²) in [5.74, 6) is 0.738. The number of benzene rings is 2. The van der Waals surface area contributed by atoms with Crippen molar-refractivity contribution in [2.75, 3.05) is 19.0 Å². The summed E-state index contributed by atoms with van der Waals surface area (Å²) in [6.07, 6.45) is 1.81. The number of hydrogen-bond acceptors (Lipinski definition) is 6. The number of anilines is 2. The van der Waals surface area contributed by atoms with E-state index in [0.717, 1.165) is 16.8 Å². The van der Waals surface area contributed by atoms with E-state index in [1.165, 1.54) is 0 Å². The van der Waals surface area contributed by atoms with E-state index in [0.29, 0.717) is 27.9 Å². The zero-order chi connectivity index (χ0) is 20.4. The molecule has 2 aromatic carbocycles. The smallest absolute Gasteiger partial charge is 0.247 e. The Balaban J connectivity index is 1.68. The zero-order valence-corrected chi connectivity index (χ0v) is 16.2. The first-order chi connectivity index (χ1) is 14.1. The number of halogens is 1. The van der Waals surface area contributed by atoms with Gasteiger partial charge in [-0.25, -0.2) is 4.52 Å². The number of nitrogens with zero attached hydrogens (tertiary/aromatic N) is 3. The van der Waals surface area contributed by atoms with Crippen LogP contribution in [0.4, 0.5) is 11.6 Å². The first-order valence-electron chi connectivity index (χ1n) is 8.79. The molecule has 0 saturated heterocycles. The highest BCUT2D eigenvalue weighted by Gasteiger charge is 2.12. The molecule has 0 spiro atoms. The van der Waals surface area contributed by atoms with Gasteiger partial charge in [-0.3, -0.25) is 4.79 Å². The summed E-state index contributed by atoms with van der Waals surface area (Å²) < 4.78 is 6.98. The third-order valence-corrected chi connectivity index (χ3v) is 4.61. The maximum Gasteiger partial charge on any atom is 0.247 e. The van der Waals surface area contributed by atoms with Crippen molar-refractivity contribution in [2.24, 2.45) is 0 Å². The number of Topliss-reactive ketones (excluding diaryl/α,β-unsaturated/α-hetero) is 1. The maximum atomic E-state index is 11.5. The lowest BCUT2D eigenvalue weighted by molar-refractivity contribution is 0.0904. The number of hydrogen-bond donors (Lipinski definition) is 2. The molecule has 2 N–H and O–H groups in total. The van der Waals surface area contributed by atoms with Gasteiger partial charge in [-0.1, -0.05) is 11.6 Å². The van der Waals surface area contributed by atoms with Crippen LogP contribution in [0.5, 0.6) is 5.75 Å². The topological polar surface area (TPSA) is 88.8 Å². The molecule has 146 valence electrons. The normalized spacial score (nSPS) is 10.9. The number of fused-ring (bicyclic) bond motifs is 1. The van der Waals surface area contributed by atoms with E-state index in [9.17, 15) is 4.79 Å². The van der Waals surface area contributed by atoms with Gasteiger partial charge in [-0.15, -0.1) is 5.10 Å². The van der Waals surface area contributed by atoms with Crippen LogP contribution in [-0.2, 0) is 0 Å². The molecule has 0 amide bonds. The lowest BCUT2D eigenvalue weighted by atomic mass is 10.1. The zero-order valence-electron chi connectivity index (χ0n) is 15.5. The lowest BCUT2D eigenvalue weighted by Crippen LogP contribution is -2.04. The van der Waals surface area contributed by atoms with Crippen molar-refractivity contribution in [3.8, 4) is 16.9 Å². The van der Waals surface area contributed by atoms with Crippen molar-refractivity contribution in [1.29, 1.82) is 0 Å². The van der Waals surface area contributed by atoms with E-state index in [-0.39, 0.29) is 5.78 Å². The second kappa shape index (κ2) is 7.90. The standard InChI is InChI=1S/C21H17ClN4O3/c1-29-17-10-14(9-15(22)11-17)18-3-2-8-26-20(18)24-21(25-26)23-16-6-4-13(5-7-16)19(28)12-27/h2-11,27H,12H2,1H3,(H,23,25). The van der Waals surface area contributed by atoms with Gasteiger partial charge in [-0.05, 0) is 60.2 Å². The molecule has 0 fully saturated rings. The molecule has 0 aliphatic carbocycles. The molecule has 0 saturated carbocycles. The second-order valence-electron chi connectivity index (χ2n) is 6.29. The fourth-order valence-corrected chi connectivity index (χ4v) is 3.21. The molecular weight excluding hydrogens is 392 g/mol. The predicted molar refractivity (Wildman–Crippen MR) is 111 cm³/mol. The largest absolute Gasteiger partial charge is 0.497 e. The summed E-state index contributed by atoms with van der Waals surface area (Å²) in [6.45, 7) is -0.516. The molecule has 4 aromatic rings. The van der Waals surface area contributed by atoms with Gasteiger partial charge < -0.3 is 15.2 Å². The Labute approximate surface area is 171 Å². The van der Waals surface area contributed by atoms with Crippen LogP contribution in [0.15, 0.2) is 60.8 Å². The van der Waals surface area contributed by atoms with Crippen LogP contribution in [-0.4, -0.2) is 39.2 Å². The first-order valence-corrected chi connectivity index (χ1v) is 9.16. The van der Waals surface area contributed by atoms with Crippen LogP contribution < -0.4 is 10.1 Å². The van der Waals surface area contributed by atoms with E-state index in [1.807, 2.05) is 30.5 Å². The summed E-state index contributed by atoms with van der Waals surface area (Å²) in [5, 5.41) is 17.1. The number of rotatable bonds is 6. The van der Waals surface area contributed by atoms with Gasteiger partial charge in [0.1, 0.15) is 12.4 Å². The van der Waals surface area contributed by atoms with E-state index < -0.39 is 6.61 Å². The van der Waals surface area contributed by atoms with E-state index in [2.05, 4.69) is 15.4 Å². The molecule has 0 bridgehead atoms. The molecule has 4 rings (SSSR count). The number of nitrogens with one attached hydrogen (secondary N) is 1. The molecule has 0 aliphatic rings. The van der Waals surface area contributed by atoms with Crippen LogP contribution in [0.2, 0.25) is 5.02 Å². The predicted octanol–water partition coefficient (Wildman–Crippen LogP) is 3.98. The SMILES string of the molecule is COc1cc(Cl)cc(-c2cccn3nc(Nc4ccc(C(=O)CO)cc4)nc23)c1. The van der Waals surface area contributed by atoms with Gasteiger partial charge in [0.25, 0.3) is 0 Å². The molecule has 0 unspecified atom stereocenters. The van der Waals surface area contributed by atoms with Crippen molar-refractivity contribution in [2.45, 2.75) is 0 Å². The number of ketones is 1. The van der Waals surface area contributed by atoms with Crippen LogP contribution in [0, 0.1) is 0 Å². The van der Waals surface area contributed by atoms with Gasteiger partial charge in [0.05, 0.1) is 7.11 Å². The van der Waals surface area contributed by atoms with E-state index in [4.69, 9.17) is 21.4 Å². The monoisotopic (exact) mass is 408 g/mol. The number of pyridine rings is 1. The minimum Gasteiger partial charge on any atom is -0.497 e. The number of aliphatic hydroxyl groups is 1. The Morgan fingerprint density at radius 3 is 2.72 bits per heavy atom. The highest BCUT2D eigenvalue weighted by Crippen LogP contribution is 2.31. The van der Waals surface area contributed by atoms with Crippen LogP contribution in [0.25, 0.3) is 16.8 Å². The maximum absolute atomic E-state index is 11.5. The molecule has 29 heavy (non-hydrogen) atoms. The number of ether oxygens (including phenoxy) is 1. The van der Waals surface area contributed by atoms with Crippen molar-refractivity contribution in [1.82, 2.24) is 14.6 Å². The minimum atomic E-state index is -0.516. The van der Waals surface area contributed by atoms with Crippen molar-refractivity contribution < 1.29 is 14.6 Å². The Kier molecular flexibility index (Phi) is 5.16. The van der Waals surface area contributed by atoms with Gasteiger partial charge >= 0.3 is 0 Å². The van der Waals surface area contributed by atoms with Crippen LogP contribution in [0.1, 0.15) is 10.4 Å². The summed E-state index contributed by atoms with van der Waals surface area (Å²) in [6, 6.07) is 16.0. The third-order valence-electron chi connectivity index (χ3n) is 4.39. The third kappa shape index (κ3) is 3.91. The fourth-order valence-electron chi connectivity index (χ4n) is 2.98. The van der Waals surface area contributed by atoms with Crippen LogP contribution in [0.3, 0.4) is 0 Å². The quantitative estimate of drug-likeness (QED) is 0.469. The Hall–Kier alpha value is -3.42. The van der Waals surface area contributed by atoms with Gasteiger partial charge in [-0.2, -0.15) is 4.98 Å². The number of carbonyl (C=O) groups excluding carboxylic acids is 1. The number of aromatic nitrogens is 3. The molecule has 0 aliphatic heterocycles. The average molecular weight is 409 g/mol. The van der Waals surface area contributed by atoms with E-state index in [1.54, 1.807) is 42.0 Å². The molecule has 2 aromatic heterocycles. The van der Waals surface area contributed by atoms with Crippen molar-refractivity contribution in [3.63, 3.8) is 0 Å². The van der Waals surface area contributed by atoms with E-state index >= 15 is 0 Å². The summed E-state index contributed by atoms with van der Waals surface area (Å²) >= 11 is 6.21. The number of methoxy groups -OCH3 is 1. The minimum absolute atomic E-state index is 0.330. The Morgan fingerprint density at radius 2 is 2.00 bits per heavy atom. The van der Waals surface area contributed by atoms with Gasteiger partial charge in [0.2, 0.25) is 5.95 Å². The molecule has 2 heterocycles. The van der Waals surface area contributed by atoms with Crippen molar-refractivity contribution >= 4 is 34.7 Å². The highest BCUT2D eigenvalue weighted by atomic mass is 35.5. The first kappa shape index (κ1) is 18.9. The summed E-state index contributed by atoms with van der Waals surface area (Å²) in [5.41, 5.74) is 3.55. The molecule has 7 nitrogen and oxygen atoms in total. The van der Waals surface area contributed by atoms with Gasteiger partial charge in [0.15, 0.2) is 11.4 Å². The summed E-state index contributed by atoms with van der Waals surface area (Å²) in [7, 11) is 1.59. The fraction of sp³-hybridized carbons (Fsp3) is 0.0952. The molecule has 0 atom stereocenters.